The number of nitrogens with one attached hydrogen (secondary N) is 2. The molecule has 2 atom stereocenters. The number of carboxylic acid groups (broad SMARTS) is 1. The van der Waals surface area contributed by atoms with Crippen LogP contribution >= 0.6 is 0 Å². The Kier molecular flexibility index (Phi) is 3.93. The minimum atomic E-state index is -1.07. The lowest BCUT2D eigenvalue weighted by atomic mass is 10.1. The number of H-pyrrole nitrogens is 1. The Morgan fingerprint density at radius 3 is 3.06 bits per heavy atom. The zero-order chi connectivity index (χ0) is 13.0. The van der Waals surface area contributed by atoms with Crippen molar-refractivity contribution in [2.75, 3.05) is 6.61 Å². The number of carbonyl (C=O) groups excluding carboxylic acids is 1. The normalized spacial score (nSPS) is 20.6. The predicted molar refractivity (Wildman–Crippen MR) is 60.8 cm³/mol. The van der Waals surface area contributed by atoms with Crippen molar-refractivity contribution in [1.82, 2.24) is 15.3 Å². The Morgan fingerprint density at radius 1 is 1.67 bits per heavy atom. The van der Waals surface area contributed by atoms with E-state index in [0.717, 1.165) is 6.42 Å². The molecule has 7 nitrogen and oxygen atoms in total. The maximum atomic E-state index is 11.8. The molecule has 1 aromatic rings. The number of carbonyl (C=O) groups is 2. The maximum absolute atomic E-state index is 11.8. The van der Waals surface area contributed by atoms with Gasteiger partial charge in [-0.2, -0.15) is 0 Å². The predicted octanol–water partition coefficient (Wildman–Crippen LogP) is -0.299. The summed E-state index contributed by atoms with van der Waals surface area (Å²) >= 11 is 0. The van der Waals surface area contributed by atoms with Crippen molar-refractivity contribution in [2.24, 2.45) is 0 Å². The molecule has 0 radical (unpaired) electrons. The lowest BCUT2D eigenvalue weighted by molar-refractivity contribution is -0.143. The number of nitrogens with zero attached hydrogens (tertiary/aromatic N) is 1. The molecule has 0 bridgehead atoms. The Labute approximate surface area is 104 Å². The number of aliphatic carboxylic acids is 1. The molecule has 1 saturated heterocycles. The summed E-state index contributed by atoms with van der Waals surface area (Å²) in [6.07, 6.45) is 4.13. The van der Waals surface area contributed by atoms with Crippen LogP contribution in [0.15, 0.2) is 12.5 Å². The molecular weight excluding hydrogens is 238 g/mol. The van der Waals surface area contributed by atoms with E-state index < -0.39 is 18.1 Å². The highest BCUT2D eigenvalue weighted by Gasteiger charge is 2.28. The van der Waals surface area contributed by atoms with E-state index in [1.54, 1.807) is 0 Å². The fraction of sp³-hybridized carbons (Fsp3) is 0.545. The van der Waals surface area contributed by atoms with Crippen LogP contribution in [0.5, 0.6) is 0 Å². The van der Waals surface area contributed by atoms with E-state index in [-0.39, 0.29) is 12.3 Å². The van der Waals surface area contributed by atoms with Crippen LogP contribution in [-0.4, -0.2) is 45.7 Å². The number of aromatic amines is 1. The summed E-state index contributed by atoms with van der Waals surface area (Å²) in [4.78, 5) is 29.5. The van der Waals surface area contributed by atoms with E-state index in [1.807, 2.05) is 0 Å². The van der Waals surface area contributed by atoms with Crippen molar-refractivity contribution < 1.29 is 19.4 Å². The summed E-state index contributed by atoms with van der Waals surface area (Å²) in [5.41, 5.74) is 0.662. The Bertz CT molecular complexity index is 412. The fourth-order valence-corrected chi connectivity index (χ4v) is 1.87. The number of hydrogen-bond acceptors (Lipinski definition) is 4. The van der Waals surface area contributed by atoms with Gasteiger partial charge in [0.15, 0.2) is 0 Å². The molecule has 1 aliphatic heterocycles. The second-order valence-corrected chi connectivity index (χ2v) is 4.18. The minimum absolute atomic E-state index is 0.174. The average Bonchev–Trinajstić information content (AvgIpc) is 3.00. The third-order valence-corrected chi connectivity index (χ3v) is 2.82. The molecule has 7 heteroatoms. The number of imidazole rings is 1. The summed E-state index contributed by atoms with van der Waals surface area (Å²) in [6, 6.07) is -0.970. The first kappa shape index (κ1) is 12.6. The molecule has 1 aliphatic rings. The number of rotatable bonds is 5. The molecule has 2 rings (SSSR count). The quantitative estimate of drug-likeness (QED) is 0.668. The molecule has 0 aliphatic carbocycles. The number of hydrogen-bond donors (Lipinski definition) is 3. The second-order valence-electron chi connectivity index (χ2n) is 4.18. The molecule has 98 valence electrons. The zero-order valence-corrected chi connectivity index (χ0v) is 9.76. The van der Waals surface area contributed by atoms with Crippen molar-refractivity contribution >= 4 is 11.9 Å². The zero-order valence-electron chi connectivity index (χ0n) is 9.76. The lowest BCUT2D eigenvalue weighted by Crippen LogP contribution is -2.46. The van der Waals surface area contributed by atoms with Gasteiger partial charge in [-0.05, 0) is 12.8 Å². The van der Waals surface area contributed by atoms with Crippen LogP contribution in [0.3, 0.4) is 0 Å². The highest BCUT2D eigenvalue weighted by Crippen LogP contribution is 2.12. The van der Waals surface area contributed by atoms with Gasteiger partial charge in [-0.25, -0.2) is 9.78 Å². The van der Waals surface area contributed by atoms with Gasteiger partial charge in [0.1, 0.15) is 12.1 Å². The van der Waals surface area contributed by atoms with E-state index in [1.165, 1.54) is 12.5 Å². The van der Waals surface area contributed by atoms with Crippen molar-refractivity contribution in [1.29, 1.82) is 0 Å². The first-order valence-electron chi connectivity index (χ1n) is 5.79. The maximum Gasteiger partial charge on any atom is 0.326 e. The van der Waals surface area contributed by atoms with E-state index in [2.05, 4.69) is 15.3 Å². The largest absolute Gasteiger partial charge is 0.480 e. The molecule has 0 spiro atoms. The minimum Gasteiger partial charge on any atom is -0.480 e. The van der Waals surface area contributed by atoms with Gasteiger partial charge in [0.25, 0.3) is 0 Å². The summed E-state index contributed by atoms with van der Waals surface area (Å²) in [6.45, 7) is 0.552. The van der Waals surface area contributed by atoms with Gasteiger partial charge < -0.3 is 20.1 Å². The van der Waals surface area contributed by atoms with Crippen LogP contribution in [0.2, 0.25) is 0 Å². The summed E-state index contributed by atoms with van der Waals surface area (Å²) in [7, 11) is 0. The van der Waals surface area contributed by atoms with Gasteiger partial charge in [-0.15, -0.1) is 0 Å². The van der Waals surface area contributed by atoms with Crippen LogP contribution in [0, 0.1) is 0 Å². The molecular formula is C11H15N3O4. The van der Waals surface area contributed by atoms with Crippen LogP contribution in [0.1, 0.15) is 18.5 Å². The van der Waals surface area contributed by atoms with E-state index in [9.17, 15) is 9.59 Å². The molecule has 0 aromatic carbocycles. The van der Waals surface area contributed by atoms with Gasteiger partial charge in [0.05, 0.1) is 6.33 Å². The van der Waals surface area contributed by atoms with Crippen molar-refractivity contribution in [3.05, 3.63) is 18.2 Å². The molecule has 1 amide bonds. The smallest absolute Gasteiger partial charge is 0.326 e. The average molecular weight is 253 g/mol. The summed E-state index contributed by atoms with van der Waals surface area (Å²) in [5, 5.41) is 11.6. The molecule has 1 fully saturated rings. The third kappa shape index (κ3) is 3.07. The van der Waals surface area contributed by atoms with Crippen molar-refractivity contribution in [3.63, 3.8) is 0 Å². The van der Waals surface area contributed by atoms with E-state index >= 15 is 0 Å². The van der Waals surface area contributed by atoms with Gasteiger partial charge in [-0.1, -0.05) is 0 Å². The topological polar surface area (TPSA) is 104 Å². The number of aromatic nitrogens is 2. The standard InChI is InChI=1S/C11H15N3O4/c15-10(9-2-1-3-18-9)14-8(11(16)17)4-7-5-12-6-13-7/h5-6,8-9H,1-4H2,(H,12,13)(H,14,15)(H,16,17)/t8?,9-/m0/s1. The van der Waals surface area contributed by atoms with Crippen LogP contribution in [0.25, 0.3) is 0 Å². The van der Waals surface area contributed by atoms with Crippen LogP contribution < -0.4 is 5.32 Å². The molecule has 1 aromatic heterocycles. The van der Waals surface area contributed by atoms with Crippen LogP contribution in [0.4, 0.5) is 0 Å². The monoisotopic (exact) mass is 253 g/mol. The second kappa shape index (κ2) is 5.63. The highest BCUT2D eigenvalue weighted by atomic mass is 16.5. The van der Waals surface area contributed by atoms with Gasteiger partial charge in [-0.3, -0.25) is 4.79 Å². The van der Waals surface area contributed by atoms with Crippen LogP contribution in [-0.2, 0) is 20.7 Å². The Hall–Kier alpha value is -1.89. The SMILES string of the molecule is O=C(O)C(Cc1cnc[nH]1)NC(=O)[C@@H]1CCCO1. The number of amides is 1. The fourth-order valence-electron chi connectivity index (χ4n) is 1.87. The van der Waals surface area contributed by atoms with Gasteiger partial charge >= 0.3 is 5.97 Å². The Morgan fingerprint density at radius 2 is 2.50 bits per heavy atom. The molecule has 18 heavy (non-hydrogen) atoms. The van der Waals surface area contributed by atoms with Crippen molar-refractivity contribution in [3.8, 4) is 0 Å². The third-order valence-electron chi connectivity index (χ3n) is 2.82. The molecule has 0 saturated carbocycles. The van der Waals surface area contributed by atoms with Gasteiger partial charge in [0.2, 0.25) is 5.91 Å². The first-order valence-corrected chi connectivity index (χ1v) is 5.79. The Balaban J connectivity index is 1.93. The van der Waals surface area contributed by atoms with E-state index in [4.69, 9.17) is 9.84 Å². The number of carboxylic acids is 1. The number of ether oxygens (including phenoxy) is 1. The molecule has 1 unspecified atom stereocenters. The summed E-state index contributed by atoms with van der Waals surface area (Å²) < 4.78 is 5.21. The van der Waals surface area contributed by atoms with E-state index in [0.29, 0.717) is 18.7 Å². The first-order chi connectivity index (χ1) is 8.66. The highest BCUT2D eigenvalue weighted by molar-refractivity contribution is 5.86. The molecule has 2 heterocycles. The lowest BCUT2D eigenvalue weighted by Gasteiger charge is -2.16. The summed E-state index contributed by atoms with van der Waals surface area (Å²) in [5.74, 6) is -1.43. The van der Waals surface area contributed by atoms with Crippen molar-refractivity contribution in [2.45, 2.75) is 31.4 Å². The van der Waals surface area contributed by atoms with Gasteiger partial charge in [0, 0.05) is 24.9 Å². The molecule has 3 N–H and O–H groups in total.